The minimum absolute atomic E-state index is 0.00265. The molecule has 0 heterocycles. The van der Waals surface area contributed by atoms with Crippen molar-refractivity contribution < 1.29 is 9.90 Å². The van der Waals surface area contributed by atoms with E-state index >= 15 is 0 Å². The Morgan fingerprint density at radius 1 is 1.47 bits per heavy atom. The van der Waals surface area contributed by atoms with Gasteiger partial charge in [-0.15, -0.1) is 0 Å². The maximum atomic E-state index is 11.9. The molecule has 1 saturated carbocycles. The molecule has 0 saturated heterocycles. The number of rotatable bonds is 4. The molecule has 3 nitrogen and oxygen atoms in total. The lowest BCUT2D eigenvalue weighted by molar-refractivity contribution is -0.126. The van der Waals surface area contributed by atoms with Crippen molar-refractivity contribution in [3.63, 3.8) is 0 Å². The Balaban J connectivity index is 1.88. The molecule has 0 aliphatic heterocycles. The summed E-state index contributed by atoms with van der Waals surface area (Å²) in [6.45, 7) is 0.718. The van der Waals surface area contributed by atoms with Crippen LogP contribution in [0.1, 0.15) is 18.4 Å². The summed E-state index contributed by atoms with van der Waals surface area (Å²) in [4.78, 5) is 13.7. The average molecular weight is 324 g/mol. The van der Waals surface area contributed by atoms with E-state index in [-0.39, 0.29) is 12.0 Å². The molecular weight excluding hydrogens is 306 g/mol. The van der Waals surface area contributed by atoms with Crippen LogP contribution in [-0.2, 0) is 4.79 Å². The number of aliphatic hydroxyl groups is 1. The predicted octanol–water partition coefficient (Wildman–Crippen LogP) is 2.69. The normalized spacial score (nSPS) is 22.3. The fraction of sp³-hybridized carbons (Fsp3) is 0.400. The Hall–Kier alpha value is -1.13. The SMILES string of the molecule is CN(CC1CC(O)C1)C(=O)C=Cc1ccccc1Br. The van der Waals surface area contributed by atoms with Gasteiger partial charge in [0, 0.05) is 24.1 Å². The number of halogens is 1. The van der Waals surface area contributed by atoms with Gasteiger partial charge in [0.05, 0.1) is 6.10 Å². The predicted molar refractivity (Wildman–Crippen MR) is 79.5 cm³/mol. The van der Waals surface area contributed by atoms with Crippen LogP contribution in [0.15, 0.2) is 34.8 Å². The lowest BCUT2D eigenvalue weighted by Gasteiger charge is -2.34. The van der Waals surface area contributed by atoms with Crippen LogP contribution in [0.4, 0.5) is 0 Å². The molecule has 1 N–H and O–H groups in total. The van der Waals surface area contributed by atoms with Gasteiger partial charge in [-0.2, -0.15) is 0 Å². The Morgan fingerprint density at radius 3 is 2.79 bits per heavy atom. The van der Waals surface area contributed by atoms with Crippen molar-refractivity contribution in [2.24, 2.45) is 5.92 Å². The lowest BCUT2D eigenvalue weighted by Crippen LogP contribution is -2.38. The van der Waals surface area contributed by atoms with Crippen LogP contribution in [0.25, 0.3) is 6.08 Å². The molecule has 0 unspecified atom stereocenters. The molecule has 4 heteroatoms. The van der Waals surface area contributed by atoms with Gasteiger partial charge in [-0.3, -0.25) is 4.79 Å². The van der Waals surface area contributed by atoms with Crippen molar-refractivity contribution in [3.05, 3.63) is 40.4 Å². The third-order valence-electron chi connectivity index (χ3n) is 3.43. The van der Waals surface area contributed by atoms with Gasteiger partial charge >= 0.3 is 0 Å². The number of aliphatic hydroxyl groups excluding tert-OH is 1. The van der Waals surface area contributed by atoms with E-state index in [1.165, 1.54) is 0 Å². The van der Waals surface area contributed by atoms with Crippen molar-refractivity contribution in [2.75, 3.05) is 13.6 Å². The molecule has 1 aromatic rings. The summed E-state index contributed by atoms with van der Waals surface area (Å²) in [6.07, 6.45) is 4.87. The van der Waals surface area contributed by atoms with Gasteiger partial charge in [0.2, 0.25) is 5.91 Å². The maximum Gasteiger partial charge on any atom is 0.246 e. The highest BCUT2D eigenvalue weighted by Gasteiger charge is 2.28. The van der Waals surface area contributed by atoms with Crippen molar-refractivity contribution in [1.82, 2.24) is 4.90 Å². The summed E-state index contributed by atoms with van der Waals surface area (Å²) in [5.74, 6) is 0.443. The summed E-state index contributed by atoms with van der Waals surface area (Å²) >= 11 is 3.45. The number of hydrogen-bond acceptors (Lipinski definition) is 2. The molecule has 0 aromatic heterocycles. The molecular formula is C15H18BrNO2. The largest absolute Gasteiger partial charge is 0.393 e. The molecule has 1 aliphatic carbocycles. The van der Waals surface area contributed by atoms with Crippen molar-refractivity contribution in [2.45, 2.75) is 18.9 Å². The highest BCUT2D eigenvalue weighted by Crippen LogP contribution is 2.27. The highest BCUT2D eigenvalue weighted by atomic mass is 79.9. The quantitative estimate of drug-likeness (QED) is 0.865. The van der Waals surface area contributed by atoms with Crippen molar-refractivity contribution in [1.29, 1.82) is 0 Å². The number of amides is 1. The standard InChI is InChI=1S/C15H18BrNO2/c1-17(10-11-8-13(18)9-11)15(19)7-6-12-4-2-3-5-14(12)16/h2-7,11,13,18H,8-10H2,1H3. The number of carbonyl (C=O) groups is 1. The Morgan fingerprint density at radius 2 is 2.16 bits per heavy atom. The molecule has 2 rings (SSSR count). The van der Waals surface area contributed by atoms with Gasteiger partial charge < -0.3 is 10.0 Å². The van der Waals surface area contributed by atoms with Crippen LogP contribution in [0.5, 0.6) is 0 Å². The second-order valence-corrected chi connectivity index (χ2v) is 5.92. The lowest BCUT2D eigenvalue weighted by atomic mass is 9.82. The first-order valence-electron chi connectivity index (χ1n) is 6.42. The van der Waals surface area contributed by atoms with Crippen LogP contribution >= 0.6 is 15.9 Å². The minimum Gasteiger partial charge on any atom is -0.393 e. The topological polar surface area (TPSA) is 40.5 Å². The summed E-state index contributed by atoms with van der Waals surface area (Å²) in [5.41, 5.74) is 0.989. The number of hydrogen-bond donors (Lipinski definition) is 1. The summed E-state index contributed by atoms with van der Waals surface area (Å²) < 4.78 is 0.976. The molecule has 1 fully saturated rings. The first-order valence-corrected chi connectivity index (χ1v) is 7.21. The van der Waals surface area contributed by atoms with Gasteiger partial charge in [0.15, 0.2) is 0 Å². The second-order valence-electron chi connectivity index (χ2n) is 5.06. The fourth-order valence-corrected chi connectivity index (χ4v) is 2.64. The van der Waals surface area contributed by atoms with E-state index in [0.717, 1.165) is 29.4 Å². The van der Waals surface area contributed by atoms with E-state index in [1.807, 2.05) is 30.3 Å². The van der Waals surface area contributed by atoms with Gasteiger partial charge in [-0.25, -0.2) is 0 Å². The molecule has 0 bridgehead atoms. The van der Waals surface area contributed by atoms with Gasteiger partial charge in [-0.1, -0.05) is 34.1 Å². The summed E-state index contributed by atoms with van der Waals surface area (Å²) in [5, 5.41) is 9.23. The van der Waals surface area contributed by atoms with Crippen LogP contribution < -0.4 is 0 Å². The second kappa shape index (κ2) is 6.35. The average Bonchev–Trinajstić information content (AvgIpc) is 2.35. The Bertz CT molecular complexity index is 481. The zero-order valence-corrected chi connectivity index (χ0v) is 12.5. The van der Waals surface area contributed by atoms with E-state index in [2.05, 4.69) is 15.9 Å². The zero-order valence-electron chi connectivity index (χ0n) is 10.9. The van der Waals surface area contributed by atoms with Crippen molar-refractivity contribution in [3.8, 4) is 0 Å². The first-order chi connectivity index (χ1) is 9.06. The number of carbonyl (C=O) groups excluding carboxylic acids is 1. The smallest absolute Gasteiger partial charge is 0.246 e. The van der Waals surface area contributed by atoms with Crippen LogP contribution in [0.2, 0.25) is 0 Å². The van der Waals surface area contributed by atoms with Gasteiger partial charge in [0.1, 0.15) is 0 Å². The summed E-state index contributed by atoms with van der Waals surface area (Å²) in [6, 6.07) is 7.78. The molecule has 0 spiro atoms. The Kier molecular flexibility index (Phi) is 4.77. The van der Waals surface area contributed by atoms with E-state index in [1.54, 1.807) is 18.0 Å². The number of likely N-dealkylation sites (N-methyl/N-ethyl adjacent to an activating group) is 1. The Labute approximate surface area is 122 Å². The molecule has 0 atom stereocenters. The molecule has 1 aromatic carbocycles. The van der Waals surface area contributed by atoms with Crippen LogP contribution in [0.3, 0.4) is 0 Å². The van der Waals surface area contributed by atoms with Crippen molar-refractivity contribution >= 4 is 27.9 Å². The molecule has 102 valence electrons. The fourth-order valence-electron chi connectivity index (χ4n) is 2.23. The highest BCUT2D eigenvalue weighted by molar-refractivity contribution is 9.10. The minimum atomic E-state index is -0.163. The van der Waals surface area contributed by atoms with E-state index in [9.17, 15) is 9.90 Å². The van der Waals surface area contributed by atoms with Crippen LogP contribution in [0, 0.1) is 5.92 Å². The van der Waals surface area contributed by atoms with Gasteiger partial charge in [0.25, 0.3) is 0 Å². The molecule has 19 heavy (non-hydrogen) atoms. The third kappa shape index (κ3) is 3.91. The zero-order chi connectivity index (χ0) is 13.8. The molecule has 1 aliphatic rings. The third-order valence-corrected chi connectivity index (χ3v) is 4.15. The maximum absolute atomic E-state index is 11.9. The van der Waals surface area contributed by atoms with Crippen LogP contribution in [-0.4, -0.2) is 35.6 Å². The van der Waals surface area contributed by atoms with E-state index in [0.29, 0.717) is 5.92 Å². The van der Waals surface area contributed by atoms with E-state index < -0.39 is 0 Å². The molecule has 1 amide bonds. The first kappa shape index (κ1) is 14.3. The van der Waals surface area contributed by atoms with Gasteiger partial charge in [-0.05, 0) is 36.5 Å². The van der Waals surface area contributed by atoms with E-state index in [4.69, 9.17) is 0 Å². The number of benzene rings is 1. The molecule has 0 radical (unpaired) electrons. The monoisotopic (exact) mass is 323 g/mol. The summed E-state index contributed by atoms with van der Waals surface area (Å²) in [7, 11) is 1.80. The number of nitrogens with zero attached hydrogens (tertiary/aromatic N) is 1.